The summed E-state index contributed by atoms with van der Waals surface area (Å²) in [6.07, 6.45) is 3.88. The summed E-state index contributed by atoms with van der Waals surface area (Å²) in [5.74, 6) is 1.16. The molecule has 0 unspecified atom stereocenters. The third-order valence-electron chi connectivity index (χ3n) is 4.31. The van der Waals surface area contributed by atoms with Gasteiger partial charge in [0.2, 0.25) is 11.8 Å². The van der Waals surface area contributed by atoms with Crippen LogP contribution in [0.25, 0.3) is 10.9 Å². The molecule has 0 spiro atoms. The Balaban J connectivity index is 1.42. The molecule has 4 rings (SSSR count). The number of rotatable bonds is 6. The van der Waals surface area contributed by atoms with Crippen LogP contribution in [0.5, 0.6) is 11.6 Å². The average molecular weight is 357 g/mol. The summed E-state index contributed by atoms with van der Waals surface area (Å²) >= 11 is 0. The third-order valence-corrected chi connectivity index (χ3v) is 4.31. The van der Waals surface area contributed by atoms with Gasteiger partial charge in [-0.2, -0.15) is 0 Å². The van der Waals surface area contributed by atoms with Crippen molar-refractivity contribution >= 4 is 16.8 Å². The van der Waals surface area contributed by atoms with Gasteiger partial charge in [-0.15, -0.1) is 0 Å². The van der Waals surface area contributed by atoms with E-state index in [4.69, 9.17) is 4.74 Å². The average Bonchev–Trinajstić information content (AvgIpc) is 3.11. The predicted molar refractivity (Wildman–Crippen MR) is 105 cm³/mol. The molecule has 27 heavy (non-hydrogen) atoms. The summed E-state index contributed by atoms with van der Waals surface area (Å²) < 4.78 is 5.84. The van der Waals surface area contributed by atoms with Crippen LogP contribution in [0.2, 0.25) is 0 Å². The van der Waals surface area contributed by atoms with Crippen molar-refractivity contribution < 1.29 is 9.53 Å². The maximum atomic E-state index is 12.4. The van der Waals surface area contributed by atoms with Crippen molar-refractivity contribution in [1.82, 2.24) is 15.3 Å². The Labute approximate surface area is 157 Å². The molecule has 0 radical (unpaired) electrons. The zero-order valence-electron chi connectivity index (χ0n) is 14.7. The quantitative estimate of drug-likeness (QED) is 0.543. The second-order valence-corrected chi connectivity index (χ2v) is 6.20. The molecule has 2 N–H and O–H groups in total. The van der Waals surface area contributed by atoms with Crippen molar-refractivity contribution in [2.75, 3.05) is 0 Å². The number of nitrogens with one attached hydrogen (secondary N) is 2. The molecule has 0 saturated carbocycles. The first-order valence-corrected chi connectivity index (χ1v) is 8.78. The zero-order valence-corrected chi connectivity index (χ0v) is 14.7. The van der Waals surface area contributed by atoms with E-state index in [-0.39, 0.29) is 5.91 Å². The summed E-state index contributed by atoms with van der Waals surface area (Å²) in [7, 11) is 0. The number of aromatic amines is 1. The zero-order chi connectivity index (χ0) is 18.5. The molecule has 5 nitrogen and oxygen atoms in total. The number of benzene rings is 2. The Morgan fingerprint density at radius 3 is 2.67 bits per heavy atom. The molecule has 0 bridgehead atoms. The molecule has 134 valence electrons. The molecule has 0 fully saturated rings. The maximum absolute atomic E-state index is 12.4. The minimum Gasteiger partial charge on any atom is -0.439 e. The highest BCUT2D eigenvalue weighted by Crippen LogP contribution is 2.22. The van der Waals surface area contributed by atoms with Gasteiger partial charge in [-0.05, 0) is 29.8 Å². The van der Waals surface area contributed by atoms with Crippen molar-refractivity contribution in [3.05, 3.63) is 90.3 Å². The number of nitrogens with zero attached hydrogens (tertiary/aromatic N) is 1. The van der Waals surface area contributed by atoms with Crippen LogP contribution >= 0.6 is 0 Å². The highest BCUT2D eigenvalue weighted by Gasteiger charge is 2.11. The fraction of sp³-hybridized carbons (Fsp3) is 0.0909. The summed E-state index contributed by atoms with van der Waals surface area (Å²) in [6.45, 7) is 0.358. The molecule has 2 aromatic carbocycles. The van der Waals surface area contributed by atoms with E-state index in [1.807, 2.05) is 72.9 Å². The first kappa shape index (κ1) is 16.8. The van der Waals surface area contributed by atoms with E-state index < -0.39 is 0 Å². The number of amides is 1. The topological polar surface area (TPSA) is 67.0 Å². The van der Waals surface area contributed by atoms with Crippen LogP contribution in [-0.4, -0.2) is 15.9 Å². The predicted octanol–water partition coefficient (Wildman–Crippen LogP) is 4.21. The van der Waals surface area contributed by atoms with Crippen LogP contribution in [0.3, 0.4) is 0 Å². The van der Waals surface area contributed by atoms with Gasteiger partial charge in [0.25, 0.3) is 0 Å². The number of H-pyrrole nitrogens is 1. The maximum Gasteiger partial charge on any atom is 0.224 e. The number of carbonyl (C=O) groups excluding carboxylic acids is 1. The van der Waals surface area contributed by atoms with Crippen LogP contribution in [0.15, 0.2) is 79.1 Å². The number of ether oxygens (including phenoxy) is 1. The largest absolute Gasteiger partial charge is 0.439 e. The smallest absolute Gasteiger partial charge is 0.224 e. The molecule has 0 atom stereocenters. The molecule has 0 saturated heterocycles. The Bertz CT molecular complexity index is 1060. The Morgan fingerprint density at radius 2 is 1.78 bits per heavy atom. The van der Waals surface area contributed by atoms with Gasteiger partial charge in [-0.1, -0.05) is 42.5 Å². The van der Waals surface area contributed by atoms with Gasteiger partial charge in [0.1, 0.15) is 5.75 Å². The fourth-order valence-corrected chi connectivity index (χ4v) is 2.96. The molecular formula is C22H19N3O2. The van der Waals surface area contributed by atoms with Crippen LogP contribution < -0.4 is 10.1 Å². The summed E-state index contributed by atoms with van der Waals surface area (Å²) in [6, 6.07) is 21.2. The first-order chi connectivity index (χ1) is 13.3. The van der Waals surface area contributed by atoms with E-state index in [0.717, 1.165) is 22.0 Å². The summed E-state index contributed by atoms with van der Waals surface area (Å²) in [5, 5.41) is 4.03. The first-order valence-electron chi connectivity index (χ1n) is 8.78. The molecule has 0 aliphatic heterocycles. The number of hydrogen-bond acceptors (Lipinski definition) is 3. The second kappa shape index (κ2) is 7.74. The lowest BCUT2D eigenvalue weighted by Gasteiger charge is -2.10. The van der Waals surface area contributed by atoms with E-state index in [1.54, 1.807) is 6.20 Å². The molecule has 4 aromatic rings. The van der Waals surface area contributed by atoms with E-state index in [2.05, 4.69) is 15.3 Å². The highest BCUT2D eigenvalue weighted by atomic mass is 16.5. The van der Waals surface area contributed by atoms with E-state index in [1.165, 1.54) is 0 Å². The van der Waals surface area contributed by atoms with Crippen LogP contribution in [0.1, 0.15) is 11.1 Å². The SMILES string of the molecule is O=C(Cc1c[nH]c2ccccc12)NCc1cccnc1Oc1ccccc1. The van der Waals surface area contributed by atoms with Gasteiger partial charge in [0, 0.05) is 35.4 Å². The Hall–Kier alpha value is -3.60. The molecule has 1 amide bonds. The number of carbonyl (C=O) groups is 1. The standard InChI is InChI=1S/C22H19N3O2/c26-21(13-17-15-24-20-11-5-4-10-19(17)20)25-14-16-7-6-12-23-22(16)27-18-8-2-1-3-9-18/h1-12,15,24H,13-14H2,(H,25,26). The molecule has 2 heterocycles. The lowest BCUT2D eigenvalue weighted by atomic mass is 10.1. The normalized spacial score (nSPS) is 10.7. The number of pyridine rings is 1. The Morgan fingerprint density at radius 1 is 0.963 bits per heavy atom. The third kappa shape index (κ3) is 3.98. The number of para-hydroxylation sites is 2. The molecule has 2 aromatic heterocycles. The number of fused-ring (bicyclic) bond motifs is 1. The van der Waals surface area contributed by atoms with Crippen molar-refractivity contribution in [2.24, 2.45) is 0 Å². The van der Waals surface area contributed by atoms with Gasteiger partial charge >= 0.3 is 0 Å². The molecule has 0 aliphatic carbocycles. The lowest BCUT2D eigenvalue weighted by Crippen LogP contribution is -2.24. The lowest BCUT2D eigenvalue weighted by molar-refractivity contribution is -0.120. The Kier molecular flexibility index (Phi) is 4.83. The second-order valence-electron chi connectivity index (χ2n) is 6.20. The van der Waals surface area contributed by atoms with Crippen molar-refractivity contribution in [1.29, 1.82) is 0 Å². The summed E-state index contributed by atoms with van der Waals surface area (Å²) in [4.78, 5) is 19.9. The van der Waals surface area contributed by atoms with Crippen LogP contribution in [0.4, 0.5) is 0 Å². The van der Waals surface area contributed by atoms with E-state index >= 15 is 0 Å². The number of hydrogen-bond donors (Lipinski definition) is 2. The van der Waals surface area contributed by atoms with Crippen molar-refractivity contribution in [2.45, 2.75) is 13.0 Å². The van der Waals surface area contributed by atoms with Crippen molar-refractivity contribution in [3.8, 4) is 11.6 Å². The highest BCUT2D eigenvalue weighted by molar-refractivity contribution is 5.88. The summed E-state index contributed by atoms with van der Waals surface area (Å²) in [5.41, 5.74) is 2.84. The number of aromatic nitrogens is 2. The van der Waals surface area contributed by atoms with Gasteiger partial charge in [0.15, 0.2) is 0 Å². The van der Waals surface area contributed by atoms with Gasteiger partial charge in [0.05, 0.1) is 6.42 Å². The monoisotopic (exact) mass is 357 g/mol. The fourth-order valence-electron chi connectivity index (χ4n) is 2.96. The molecular weight excluding hydrogens is 338 g/mol. The van der Waals surface area contributed by atoms with Crippen LogP contribution in [0, 0.1) is 0 Å². The van der Waals surface area contributed by atoms with Gasteiger partial charge in [-0.25, -0.2) is 4.98 Å². The van der Waals surface area contributed by atoms with E-state index in [9.17, 15) is 4.79 Å². The van der Waals surface area contributed by atoms with Crippen LogP contribution in [-0.2, 0) is 17.8 Å². The van der Waals surface area contributed by atoms with Gasteiger partial charge < -0.3 is 15.0 Å². The molecule has 0 aliphatic rings. The minimum atomic E-state index is -0.0470. The molecule has 5 heteroatoms. The van der Waals surface area contributed by atoms with Gasteiger partial charge in [-0.3, -0.25) is 4.79 Å². The van der Waals surface area contributed by atoms with E-state index in [0.29, 0.717) is 24.6 Å². The van der Waals surface area contributed by atoms with Crippen molar-refractivity contribution in [3.63, 3.8) is 0 Å². The minimum absolute atomic E-state index is 0.0470.